The smallest absolute Gasteiger partial charge is 0.271 e. The van der Waals surface area contributed by atoms with Gasteiger partial charge < -0.3 is 19.7 Å². The number of carbonyl (C=O) groups is 1. The van der Waals surface area contributed by atoms with Gasteiger partial charge in [0.05, 0.1) is 25.8 Å². The molecule has 9 heteroatoms. The molecule has 1 atom stereocenters. The predicted molar refractivity (Wildman–Crippen MR) is 136 cm³/mol. The number of amides is 1. The van der Waals surface area contributed by atoms with Gasteiger partial charge in [-0.15, -0.1) is 5.10 Å². The van der Waals surface area contributed by atoms with E-state index in [1.54, 1.807) is 26.4 Å². The molecule has 1 unspecified atom stereocenters. The second-order valence-corrected chi connectivity index (χ2v) is 8.97. The molecule has 0 aliphatic carbocycles. The molecule has 8 nitrogen and oxygen atoms in total. The minimum atomic E-state index is -0.241. The summed E-state index contributed by atoms with van der Waals surface area (Å²) in [5, 5.41) is 8.18. The average Bonchev–Trinajstić information content (AvgIpc) is 2.89. The van der Waals surface area contributed by atoms with Gasteiger partial charge in [-0.1, -0.05) is 23.7 Å². The third kappa shape index (κ3) is 5.59. The minimum Gasteiger partial charge on any atom is -0.493 e. The van der Waals surface area contributed by atoms with Crippen LogP contribution in [0.5, 0.6) is 11.5 Å². The number of nitrogens with one attached hydrogen (secondary N) is 1. The summed E-state index contributed by atoms with van der Waals surface area (Å²) < 4.78 is 12.0. The van der Waals surface area contributed by atoms with Crippen LogP contribution in [0, 0.1) is 12.8 Å². The second kappa shape index (κ2) is 10.8. The number of aryl methyl sites for hydroxylation is 1. The molecular weight excluding hydrogens is 468 g/mol. The maximum Gasteiger partial charge on any atom is 0.271 e. The van der Waals surface area contributed by atoms with Crippen LogP contribution in [0.4, 0.5) is 5.82 Å². The van der Waals surface area contributed by atoms with Crippen molar-refractivity contribution in [2.75, 3.05) is 32.2 Å². The number of halogens is 1. The zero-order valence-corrected chi connectivity index (χ0v) is 20.8. The number of aromatic nitrogens is 2. The molecule has 0 radical (unpaired) electrons. The Bertz CT molecular complexity index is 1280. The van der Waals surface area contributed by atoms with E-state index in [-0.39, 0.29) is 17.4 Å². The number of anilines is 1. The SMILES string of the molecule is COc1ccc(CNC(=O)C2CCCN(c3ccc(=O)n(-c4ccc(C)c(Cl)c4)n3)C2)cc1OC. The number of hydrogen-bond acceptors (Lipinski definition) is 6. The largest absolute Gasteiger partial charge is 0.493 e. The van der Waals surface area contributed by atoms with E-state index in [2.05, 4.69) is 15.3 Å². The lowest BCUT2D eigenvalue weighted by Crippen LogP contribution is -2.43. The lowest BCUT2D eigenvalue weighted by atomic mass is 9.97. The minimum absolute atomic E-state index is 0.0110. The Kier molecular flexibility index (Phi) is 7.60. The molecule has 35 heavy (non-hydrogen) atoms. The Balaban J connectivity index is 1.45. The van der Waals surface area contributed by atoms with E-state index >= 15 is 0 Å². The topological polar surface area (TPSA) is 85.7 Å². The first-order valence-electron chi connectivity index (χ1n) is 11.5. The summed E-state index contributed by atoms with van der Waals surface area (Å²) in [5.41, 5.74) is 2.22. The van der Waals surface area contributed by atoms with Gasteiger partial charge in [0, 0.05) is 30.7 Å². The zero-order valence-electron chi connectivity index (χ0n) is 20.1. The molecule has 1 amide bonds. The maximum absolute atomic E-state index is 13.0. The van der Waals surface area contributed by atoms with Gasteiger partial charge >= 0.3 is 0 Å². The summed E-state index contributed by atoms with van der Waals surface area (Å²) in [5.74, 6) is 1.73. The zero-order chi connectivity index (χ0) is 24.9. The highest BCUT2D eigenvalue weighted by Gasteiger charge is 2.27. The lowest BCUT2D eigenvalue weighted by Gasteiger charge is -2.33. The molecular formula is C26H29ClN4O4. The van der Waals surface area contributed by atoms with Crippen molar-refractivity contribution < 1.29 is 14.3 Å². The van der Waals surface area contributed by atoms with Gasteiger partial charge in [-0.05, 0) is 61.2 Å². The average molecular weight is 497 g/mol. The van der Waals surface area contributed by atoms with Crippen molar-refractivity contribution in [3.63, 3.8) is 0 Å². The first kappa shape index (κ1) is 24.6. The molecule has 184 valence electrons. The molecule has 1 aliphatic rings. The normalized spacial score (nSPS) is 15.5. The lowest BCUT2D eigenvalue weighted by molar-refractivity contribution is -0.125. The molecule has 2 aromatic carbocycles. The van der Waals surface area contributed by atoms with Gasteiger partial charge in [0.15, 0.2) is 11.5 Å². The molecule has 1 saturated heterocycles. The molecule has 4 rings (SSSR count). The van der Waals surface area contributed by atoms with Crippen molar-refractivity contribution in [2.24, 2.45) is 5.92 Å². The predicted octanol–water partition coefficient (Wildman–Crippen LogP) is 3.74. The molecule has 1 fully saturated rings. The highest BCUT2D eigenvalue weighted by atomic mass is 35.5. The molecule has 1 aromatic heterocycles. The van der Waals surface area contributed by atoms with Crippen molar-refractivity contribution in [1.29, 1.82) is 0 Å². The number of benzene rings is 2. The maximum atomic E-state index is 13.0. The molecule has 0 saturated carbocycles. The Morgan fingerprint density at radius 1 is 1.11 bits per heavy atom. The molecule has 0 spiro atoms. The Morgan fingerprint density at radius 3 is 2.66 bits per heavy atom. The number of nitrogens with zero attached hydrogens (tertiary/aromatic N) is 3. The van der Waals surface area contributed by atoms with E-state index in [9.17, 15) is 9.59 Å². The summed E-state index contributed by atoms with van der Waals surface area (Å²) >= 11 is 6.25. The van der Waals surface area contributed by atoms with Gasteiger partial charge in [-0.25, -0.2) is 0 Å². The van der Waals surface area contributed by atoms with Crippen LogP contribution in [0.2, 0.25) is 5.02 Å². The number of piperidine rings is 1. The molecule has 1 N–H and O–H groups in total. The van der Waals surface area contributed by atoms with Crippen LogP contribution in [-0.2, 0) is 11.3 Å². The number of methoxy groups -OCH3 is 2. The van der Waals surface area contributed by atoms with E-state index in [1.807, 2.05) is 37.3 Å². The first-order valence-corrected chi connectivity index (χ1v) is 11.9. The van der Waals surface area contributed by atoms with Gasteiger partial charge in [-0.2, -0.15) is 4.68 Å². The Morgan fingerprint density at radius 2 is 1.91 bits per heavy atom. The number of ether oxygens (including phenoxy) is 2. The van der Waals surface area contributed by atoms with Crippen molar-refractivity contribution in [3.8, 4) is 17.2 Å². The van der Waals surface area contributed by atoms with Crippen LogP contribution in [0.1, 0.15) is 24.0 Å². The van der Waals surface area contributed by atoms with E-state index in [4.69, 9.17) is 21.1 Å². The Labute approximate surface area is 209 Å². The monoisotopic (exact) mass is 496 g/mol. The summed E-state index contributed by atoms with van der Waals surface area (Å²) in [6.07, 6.45) is 1.65. The van der Waals surface area contributed by atoms with Crippen LogP contribution in [0.3, 0.4) is 0 Å². The first-order chi connectivity index (χ1) is 16.9. The summed E-state index contributed by atoms with van der Waals surface area (Å²) in [6, 6.07) is 14.2. The fourth-order valence-electron chi connectivity index (χ4n) is 4.19. The molecule has 3 aromatic rings. The van der Waals surface area contributed by atoms with Gasteiger partial charge in [0.25, 0.3) is 5.56 Å². The molecule has 1 aliphatic heterocycles. The third-order valence-electron chi connectivity index (χ3n) is 6.22. The third-order valence-corrected chi connectivity index (χ3v) is 6.62. The van der Waals surface area contributed by atoms with Gasteiger partial charge in [0.1, 0.15) is 5.82 Å². The number of hydrogen-bond donors (Lipinski definition) is 1. The van der Waals surface area contributed by atoms with Crippen molar-refractivity contribution in [3.05, 3.63) is 75.0 Å². The highest BCUT2D eigenvalue weighted by Crippen LogP contribution is 2.28. The Hall–Kier alpha value is -3.52. The van der Waals surface area contributed by atoms with Gasteiger partial charge in [0.2, 0.25) is 5.91 Å². The fourth-order valence-corrected chi connectivity index (χ4v) is 4.37. The van der Waals surface area contributed by atoms with E-state index in [0.29, 0.717) is 41.1 Å². The van der Waals surface area contributed by atoms with Crippen LogP contribution in [0.15, 0.2) is 53.3 Å². The van der Waals surface area contributed by atoms with Crippen LogP contribution in [-0.4, -0.2) is 43.0 Å². The van der Waals surface area contributed by atoms with Crippen molar-refractivity contribution >= 4 is 23.3 Å². The highest BCUT2D eigenvalue weighted by molar-refractivity contribution is 6.31. The quantitative estimate of drug-likeness (QED) is 0.536. The number of carbonyl (C=O) groups excluding carboxylic acids is 1. The molecule has 2 heterocycles. The fraction of sp³-hybridized carbons (Fsp3) is 0.346. The van der Waals surface area contributed by atoms with Crippen LogP contribution < -0.4 is 25.2 Å². The van der Waals surface area contributed by atoms with Gasteiger partial charge in [-0.3, -0.25) is 9.59 Å². The van der Waals surface area contributed by atoms with Crippen molar-refractivity contribution in [2.45, 2.75) is 26.3 Å². The van der Waals surface area contributed by atoms with E-state index < -0.39 is 0 Å². The standard InChI is InChI=1S/C26H29ClN4O4/c1-17-6-8-20(14-21(17)27)31-25(32)11-10-24(29-31)30-12-4-5-19(16-30)26(33)28-15-18-7-9-22(34-2)23(13-18)35-3/h6-11,13-14,19H,4-5,12,15-16H2,1-3H3,(H,28,33). The number of rotatable bonds is 7. The summed E-state index contributed by atoms with van der Waals surface area (Å²) in [7, 11) is 3.17. The second-order valence-electron chi connectivity index (χ2n) is 8.57. The van der Waals surface area contributed by atoms with Crippen LogP contribution in [0.25, 0.3) is 5.69 Å². The summed E-state index contributed by atoms with van der Waals surface area (Å²) in [6.45, 7) is 3.59. The van der Waals surface area contributed by atoms with Crippen molar-refractivity contribution in [1.82, 2.24) is 15.1 Å². The molecule has 0 bridgehead atoms. The summed E-state index contributed by atoms with van der Waals surface area (Å²) in [4.78, 5) is 27.5. The van der Waals surface area contributed by atoms with E-state index in [1.165, 1.54) is 10.7 Å². The van der Waals surface area contributed by atoms with Crippen LogP contribution >= 0.6 is 11.6 Å². The van der Waals surface area contributed by atoms with E-state index in [0.717, 1.165) is 30.5 Å².